The van der Waals surface area contributed by atoms with E-state index < -0.39 is 34.5 Å². The van der Waals surface area contributed by atoms with E-state index in [1.807, 2.05) is 0 Å². The molecule has 1 fully saturated rings. The highest BCUT2D eigenvalue weighted by Crippen LogP contribution is 2.36. The molecule has 2 N–H and O–H groups in total. The standard InChI is InChI=1S/C9H10N2O5S/c1-4-2-17(16)8-5(10-3-12)7(13)11(8)6(4)9(14)15/h3,5,8H,2H2,1H3,(H,10,12)(H,14,15)/t5?,8-,17?/m0/s1. The molecule has 0 spiro atoms. The van der Waals surface area contributed by atoms with E-state index in [-0.39, 0.29) is 11.4 Å². The minimum Gasteiger partial charge on any atom is -0.614 e. The Hall–Kier alpha value is -1.54. The minimum absolute atomic E-state index is 0.104. The molecule has 2 rings (SSSR count). The number of hydrogen-bond acceptors (Lipinski definition) is 4. The lowest BCUT2D eigenvalue weighted by atomic mass is 10.0. The van der Waals surface area contributed by atoms with Crippen molar-refractivity contribution in [3.05, 3.63) is 11.3 Å². The second kappa shape index (κ2) is 4.04. The maximum atomic E-state index is 11.8. The van der Waals surface area contributed by atoms with Crippen LogP contribution in [0.1, 0.15) is 6.92 Å². The highest BCUT2D eigenvalue weighted by atomic mass is 32.2. The average molecular weight is 258 g/mol. The average Bonchev–Trinajstić information content (AvgIpc) is 2.25. The maximum Gasteiger partial charge on any atom is 0.352 e. The van der Waals surface area contributed by atoms with E-state index in [0.29, 0.717) is 12.0 Å². The SMILES string of the molecule is CC1=C(C(=O)O)N2C(=O)C(NC=O)[C@@H]2[S+]([O-])C1. The molecule has 2 amide bonds. The van der Waals surface area contributed by atoms with Crippen LogP contribution in [0.15, 0.2) is 11.3 Å². The van der Waals surface area contributed by atoms with Crippen LogP contribution in [0, 0.1) is 0 Å². The van der Waals surface area contributed by atoms with Gasteiger partial charge >= 0.3 is 5.97 Å². The lowest BCUT2D eigenvalue weighted by molar-refractivity contribution is -0.150. The molecule has 2 heterocycles. The van der Waals surface area contributed by atoms with Crippen LogP contribution >= 0.6 is 0 Å². The van der Waals surface area contributed by atoms with Crippen molar-refractivity contribution in [2.45, 2.75) is 18.3 Å². The van der Waals surface area contributed by atoms with Crippen molar-refractivity contribution in [2.24, 2.45) is 0 Å². The van der Waals surface area contributed by atoms with Gasteiger partial charge in [0.05, 0.1) is 0 Å². The first-order valence-electron chi connectivity index (χ1n) is 4.82. The Labute approximate surface area is 99.6 Å². The monoisotopic (exact) mass is 258 g/mol. The van der Waals surface area contributed by atoms with Gasteiger partial charge in [-0.15, -0.1) is 0 Å². The van der Waals surface area contributed by atoms with Crippen LogP contribution < -0.4 is 5.32 Å². The van der Waals surface area contributed by atoms with Gasteiger partial charge in [-0.1, -0.05) is 0 Å². The third-order valence-electron chi connectivity index (χ3n) is 2.77. The van der Waals surface area contributed by atoms with Gasteiger partial charge in [0.2, 0.25) is 11.8 Å². The van der Waals surface area contributed by atoms with Gasteiger partial charge in [0.25, 0.3) is 5.91 Å². The van der Waals surface area contributed by atoms with E-state index in [9.17, 15) is 18.9 Å². The molecule has 2 aliphatic rings. The number of nitrogens with one attached hydrogen (secondary N) is 1. The summed E-state index contributed by atoms with van der Waals surface area (Å²) in [7, 11) is 0. The molecule has 1 saturated heterocycles. The summed E-state index contributed by atoms with van der Waals surface area (Å²) in [6.45, 7) is 1.53. The predicted molar refractivity (Wildman–Crippen MR) is 57.0 cm³/mol. The zero-order valence-corrected chi connectivity index (χ0v) is 9.69. The molecule has 17 heavy (non-hydrogen) atoms. The Bertz CT molecular complexity index is 435. The summed E-state index contributed by atoms with van der Waals surface area (Å²) >= 11 is -1.39. The summed E-state index contributed by atoms with van der Waals surface area (Å²) in [6.07, 6.45) is 0.350. The zero-order chi connectivity index (χ0) is 12.7. The first-order chi connectivity index (χ1) is 7.99. The van der Waals surface area contributed by atoms with Crippen molar-refractivity contribution in [3.8, 4) is 0 Å². The second-order valence-corrected chi connectivity index (χ2v) is 5.35. The van der Waals surface area contributed by atoms with Crippen LogP contribution in [-0.4, -0.2) is 50.0 Å². The molecule has 2 unspecified atom stereocenters. The van der Waals surface area contributed by atoms with Crippen molar-refractivity contribution < 1.29 is 24.0 Å². The highest BCUT2D eigenvalue weighted by molar-refractivity contribution is 7.92. The Morgan fingerprint density at radius 2 is 2.35 bits per heavy atom. The van der Waals surface area contributed by atoms with Gasteiger partial charge in [-0.2, -0.15) is 0 Å². The maximum absolute atomic E-state index is 11.8. The molecule has 0 saturated carbocycles. The topological polar surface area (TPSA) is 110 Å². The summed E-state index contributed by atoms with van der Waals surface area (Å²) in [4.78, 5) is 34.0. The third-order valence-corrected chi connectivity index (χ3v) is 4.51. The van der Waals surface area contributed by atoms with Gasteiger partial charge in [-0.3, -0.25) is 14.5 Å². The Morgan fingerprint density at radius 1 is 1.71 bits per heavy atom. The third kappa shape index (κ3) is 1.60. The Balaban J connectivity index is 2.35. The molecule has 0 bridgehead atoms. The van der Waals surface area contributed by atoms with E-state index in [4.69, 9.17) is 5.11 Å². The summed E-state index contributed by atoms with van der Waals surface area (Å²) in [5.41, 5.74) is 0.286. The van der Waals surface area contributed by atoms with Gasteiger partial charge in [-0.05, 0) is 18.1 Å². The minimum atomic E-state index is -1.39. The number of rotatable bonds is 3. The summed E-state index contributed by atoms with van der Waals surface area (Å²) < 4.78 is 11.8. The number of β-lactam (4-membered cyclic amide) rings is 1. The molecular formula is C9H10N2O5S. The fourth-order valence-electron chi connectivity index (χ4n) is 2.06. The molecule has 0 aliphatic carbocycles. The predicted octanol–water partition coefficient (Wildman–Crippen LogP) is -1.61. The van der Waals surface area contributed by atoms with E-state index in [0.717, 1.165) is 4.90 Å². The molecular weight excluding hydrogens is 248 g/mol. The molecule has 0 aromatic rings. The zero-order valence-electron chi connectivity index (χ0n) is 8.87. The smallest absolute Gasteiger partial charge is 0.352 e. The van der Waals surface area contributed by atoms with E-state index in [1.165, 1.54) is 6.92 Å². The first-order valence-corrected chi connectivity index (χ1v) is 6.20. The van der Waals surface area contributed by atoms with Gasteiger partial charge in [0, 0.05) is 5.57 Å². The second-order valence-electron chi connectivity index (χ2n) is 3.82. The number of amides is 2. The number of aliphatic carboxylic acids is 1. The van der Waals surface area contributed by atoms with Crippen molar-refractivity contribution in [2.75, 3.05) is 5.75 Å². The van der Waals surface area contributed by atoms with Gasteiger partial charge in [0.1, 0.15) is 11.4 Å². The molecule has 2 aliphatic heterocycles. The molecule has 92 valence electrons. The summed E-state index contributed by atoms with van der Waals surface area (Å²) in [5, 5.41) is 10.5. The van der Waals surface area contributed by atoms with Gasteiger partial charge < -0.3 is 15.0 Å². The number of carbonyl (C=O) groups excluding carboxylic acids is 2. The van der Waals surface area contributed by atoms with Gasteiger partial charge in [-0.25, -0.2) is 4.79 Å². The normalized spacial score (nSPS) is 31.8. The quantitative estimate of drug-likeness (QED) is 0.359. The summed E-state index contributed by atoms with van der Waals surface area (Å²) in [6, 6.07) is -0.879. The van der Waals surface area contributed by atoms with Crippen molar-refractivity contribution in [1.82, 2.24) is 10.2 Å². The summed E-state index contributed by atoms with van der Waals surface area (Å²) in [5.74, 6) is -1.65. The highest BCUT2D eigenvalue weighted by Gasteiger charge is 2.59. The van der Waals surface area contributed by atoms with Crippen LogP contribution in [0.3, 0.4) is 0 Å². The number of carboxylic acids is 1. The number of hydrogen-bond donors (Lipinski definition) is 2. The van der Waals surface area contributed by atoms with Crippen LogP contribution in [-0.2, 0) is 25.6 Å². The molecule has 3 atom stereocenters. The van der Waals surface area contributed by atoms with Crippen molar-refractivity contribution in [1.29, 1.82) is 0 Å². The number of carbonyl (C=O) groups is 3. The lowest BCUT2D eigenvalue weighted by Crippen LogP contribution is -2.73. The largest absolute Gasteiger partial charge is 0.614 e. The van der Waals surface area contributed by atoms with Gasteiger partial charge in [0.15, 0.2) is 6.04 Å². The van der Waals surface area contributed by atoms with Crippen LogP contribution in [0.5, 0.6) is 0 Å². The fraction of sp³-hybridized carbons (Fsp3) is 0.444. The molecule has 8 heteroatoms. The first kappa shape index (κ1) is 11.9. The molecule has 0 aromatic heterocycles. The van der Waals surface area contributed by atoms with E-state index >= 15 is 0 Å². The number of carboxylic acid groups (broad SMARTS) is 1. The van der Waals surface area contributed by atoms with Crippen LogP contribution in [0.4, 0.5) is 0 Å². The number of fused-ring (bicyclic) bond motifs is 1. The number of nitrogens with zero attached hydrogens (tertiary/aromatic N) is 1. The lowest BCUT2D eigenvalue weighted by Gasteiger charge is -2.48. The van der Waals surface area contributed by atoms with Crippen LogP contribution in [0.25, 0.3) is 0 Å². The molecule has 0 aromatic carbocycles. The van der Waals surface area contributed by atoms with Crippen molar-refractivity contribution >= 4 is 29.5 Å². The van der Waals surface area contributed by atoms with E-state index in [2.05, 4.69) is 5.32 Å². The molecule has 0 radical (unpaired) electrons. The van der Waals surface area contributed by atoms with E-state index in [1.54, 1.807) is 0 Å². The Morgan fingerprint density at radius 3 is 2.88 bits per heavy atom. The fourth-order valence-corrected chi connectivity index (χ4v) is 3.73. The Kier molecular flexibility index (Phi) is 2.84. The van der Waals surface area contributed by atoms with Crippen LogP contribution in [0.2, 0.25) is 0 Å². The molecule has 7 nitrogen and oxygen atoms in total. The van der Waals surface area contributed by atoms with Crippen molar-refractivity contribution in [3.63, 3.8) is 0 Å².